The van der Waals surface area contributed by atoms with Crippen LogP contribution in [0.5, 0.6) is 0 Å². The van der Waals surface area contributed by atoms with Gasteiger partial charge in [-0.25, -0.2) is 9.59 Å². The summed E-state index contributed by atoms with van der Waals surface area (Å²) in [6.45, 7) is 11.5. The van der Waals surface area contributed by atoms with Gasteiger partial charge in [0.15, 0.2) is 0 Å². The number of aryl methyl sites for hydroxylation is 2. The summed E-state index contributed by atoms with van der Waals surface area (Å²) in [7, 11) is 2.19. The number of benzene rings is 1. The Morgan fingerprint density at radius 2 is 1.59 bits per heavy atom. The summed E-state index contributed by atoms with van der Waals surface area (Å²) in [6.07, 6.45) is 6.21. The minimum Gasteiger partial charge on any atom is -0.338 e. The van der Waals surface area contributed by atoms with Crippen molar-refractivity contribution in [2.75, 3.05) is 64.7 Å². The Morgan fingerprint density at radius 3 is 2.28 bits per heavy atom. The molecule has 1 aromatic heterocycles. The highest BCUT2D eigenvalue weighted by Gasteiger charge is 2.36. The Balaban J connectivity index is 1.09. The quantitative estimate of drug-likeness (QED) is 0.447. The van der Waals surface area contributed by atoms with Crippen LogP contribution < -0.4 is 10.6 Å². The second kappa shape index (κ2) is 14.7. The van der Waals surface area contributed by atoms with E-state index in [9.17, 15) is 14.4 Å². The topological polar surface area (TPSA) is 91.5 Å². The average Bonchev–Trinajstić information content (AvgIpc) is 3.55. The summed E-state index contributed by atoms with van der Waals surface area (Å²) < 4.78 is 0. The molecule has 11 heteroatoms. The van der Waals surface area contributed by atoms with E-state index in [2.05, 4.69) is 65.6 Å². The van der Waals surface area contributed by atoms with Gasteiger partial charge in [0.2, 0.25) is 5.91 Å². The Labute approximate surface area is 278 Å². The molecule has 10 nitrogen and oxygen atoms in total. The van der Waals surface area contributed by atoms with E-state index in [4.69, 9.17) is 0 Å². The largest absolute Gasteiger partial charge is 0.338 e. The number of fused-ring (bicyclic) bond motifs is 1. The molecule has 3 fully saturated rings. The van der Waals surface area contributed by atoms with Crippen LogP contribution in [-0.2, 0) is 30.6 Å². The molecule has 3 saturated heterocycles. The number of rotatable bonds is 8. The third kappa shape index (κ3) is 7.37. The first-order valence-electron chi connectivity index (χ1n) is 17.3. The molecule has 0 spiro atoms. The fraction of sp³-hybridized carbons (Fsp3) is 0.629. The Hall–Kier alpha value is -3.15. The molecule has 2 aromatic rings. The minimum atomic E-state index is -0.623. The maximum absolute atomic E-state index is 14.1. The normalized spacial score (nSPS) is 21.2. The molecule has 4 aliphatic heterocycles. The summed E-state index contributed by atoms with van der Waals surface area (Å²) in [5.74, 6) is 0.0143. The number of carbonyl (C=O) groups excluding carboxylic acids is 3. The zero-order valence-electron chi connectivity index (χ0n) is 27.8. The fourth-order valence-corrected chi connectivity index (χ4v) is 8.51. The Bertz CT molecular complexity index is 1370. The number of hydrogen-bond donors (Lipinski definition) is 2. The summed E-state index contributed by atoms with van der Waals surface area (Å²) in [6, 6.07) is 8.40. The fourth-order valence-electron chi connectivity index (χ4n) is 7.71. The molecule has 0 bridgehead atoms. The first kappa shape index (κ1) is 32.8. The van der Waals surface area contributed by atoms with E-state index in [1.807, 2.05) is 20.1 Å². The molecular formula is C35H51N7O3S. The SMILES string of the molecule is CCc1ccc(C[C@@H](NC(=O)N2CCC(N3Cc4ccsc4NC3=O)CC2)C(=O)N2CCN(C3CCN(C)CC3)CC2)cc1CC. The van der Waals surface area contributed by atoms with Gasteiger partial charge >= 0.3 is 12.1 Å². The average molecular weight is 650 g/mol. The van der Waals surface area contributed by atoms with Gasteiger partial charge in [0, 0.05) is 63.3 Å². The molecule has 1 atom stereocenters. The van der Waals surface area contributed by atoms with Crippen LogP contribution in [0.1, 0.15) is 61.8 Å². The zero-order valence-corrected chi connectivity index (χ0v) is 28.6. The standard InChI is InChI=1S/C35H51N7O3S/c1-4-26-7-6-25(22-27(26)5-2)23-31(33(43)40-19-17-39(18-20-40)29-8-13-38(3)14-9-29)36-34(44)41-15-10-30(11-16-41)42-24-28-12-21-46-32(28)37-35(42)45/h6-7,12,21-22,29-31H,4-5,8-11,13-20,23-24H2,1-3H3,(H,36,44)(H,37,45)/t31-/m1/s1. The van der Waals surface area contributed by atoms with E-state index < -0.39 is 6.04 Å². The predicted octanol–water partition coefficient (Wildman–Crippen LogP) is 4.24. The van der Waals surface area contributed by atoms with E-state index in [0.29, 0.717) is 45.2 Å². The van der Waals surface area contributed by atoms with Crippen molar-refractivity contribution < 1.29 is 14.4 Å². The predicted molar refractivity (Wildman–Crippen MR) is 183 cm³/mol. The Kier molecular flexibility index (Phi) is 10.5. The van der Waals surface area contributed by atoms with E-state index in [1.54, 1.807) is 11.3 Å². The number of nitrogens with one attached hydrogen (secondary N) is 2. The van der Waals surface area contributed by atoms with Gasteiger partial charge in [-0.15, -0.1) is 11.3 Å². The van der Waals surface area contributed by atoms with Crippen molar-refractivity contribution in [2.45, 2.75) is 83.5 Å². The van der Waals surface area contributed by atoms with Gasteiger partial charge in [0.25, 0.3) is 0 Å². The number of urea groups is 2. The van der Waals surface area contributed by atoms with Gasteiger partial charge in [0.1, 0.15) is 11.0 Å². The summed E-state index contributed by atoms with van der Waals surface area (Å²) in [4.78, 5) is 51.3. The minimum absolute atomic E-state index is 0.0143. The monoisotopic (exact) mass is 649 g/mol. The molecule has 0 unspecified atom stereocenters. The van der Waals surface area contributed by atoms with Crippen molar-refractivity contribution in [2.24, 2.45) is 0 Å². The van der Waals surface area contributed by atoms with Crippen LogP contribution in [0.3, 0.4) is 0 Å². The molecule has 46 heavy (non-hydrogen) atoms. The summed E-state index contributed by atoms with van der Waals surface area (Å²) in [5, 5.41) is 9.14. The second-order valence-corrected chi connectivity index (χ2v) is 14.4. The maximum Gasteiger partial charge on any atom is 0.323 e. The van der Waals surface area contributed by atoms with Crippen molar-refractivity contribution >= 4 is 34.3 Å². The highest BCUT2D eigenvalue weighted by molar-refractivity contribution is 7.14. The van der Waals surface area contributed by atoms with Crippen molar-refractivity contribution in [3.05, 3.63) is 51.9 Å². The van der Waals surface area contributed by atoms with Crippen molar-refractivity contribution in [3.63, 3.8) is 0 Å². The molecule has 0 radical (unpaired) electrons. The van der Waals surface area contributed by atoms with E-state index >= 15 is 0 Å². The highest BCUT2D eigenvalue weighted by Crippen LogP contribution is 2.31. The van der Waals surface area contributed by atoms with Crippen LogP contribution in [0.4, 0.5) is 14.6 Å². The molecule has 0 saturated carbocycles. The smallest absolute Gasteiger partial charge is 0.323 e. The highest BCUT2D eigenvalue weighted by atomic mass is 32.1. The van der Waals surface area contributed by atoms with E-state index in [-0.39, 0.29) is 24.0 Å². The van der Waals surface area contributed by atoms with Crippen LogP contribution in [0.2, 0.25) is 0 Å². The third-order valence-corrected chi connectivity index (χ3v) is 11.5. The Morgan fingerprint density at radius 1 is 0.891 bits per heavy atom. The van der Waals surface area contributed by atoms with Gasteiger partial charge in [-0.05, 0) is 86.8 Å². The second-order valence-electron chi connectivity index (χ2n) is 13.5. The lowest BCUT2D eigenvalue weighted by Gasteiger charge is -2.43. The maximum atomic E-state index is 14.1. The number of piperazine rings is 1. The van der Waals surface area contributed by atoms with Gasteiger partial charge < -0.3 is 24.9 Å². The van der Waals surface area contributed by atoms with Crippen LogP contribution in [0.15, 0.2) is 29.6 Å². The molecule has 5 heterocycles. The van der Waals surface area contributed by atoms with Gasteiger partial charge in [-0.1, -0.05) is 32.0 Å². The first-order valence-corrected chi connectivity index (χ1v) is 18.2. The number of hydrogen-bond acceptors (Lipinski definition) is 6. The van der Waals surface area contributed by atoms with Crippen molar-refractivity contribution in [3.8, 4) is 0 Å². The number of nitrogens with zero attached hydrogens (tertiary/aromatic N) is 5. The summed E-state index contributed by atoms with van der Waals surface area (Å²) in [5.41, 5.74) is 4.88. The van der Waals surface area contributed by atoms with Crippen LogP contribution in [-0.4, -0.2) is 120 Å². The van der Waals surface area contributed by atoms with E-state index in [0.717, 1.165) is 68.0 Å². The molecule has 250 valence electrons. The number of likely N-dealkylation sites (tertiary alicyclic amines) is 2. The van der Waals surface area contributed by atoms with Crippen molar-refractivity contribution in [1.82, 2.24) is 29.8 Å². The molecule has 4 aliphatic rings. The zero-order chi connectivity index (χ0) is 32.2. The number of anilines is 1. The molecular weight excluding hydrogens is 598 g/mol. The number of amides is 5. The molecule has 5 amide bonds. The molecule has 2 N–H and O–H groups in total. The van der Waals surface area contributed by atoms with Crippen molar-refractivity contribution in [1.29, 1.82) is 0 Å². The number of carbonyl (C=O) groups is 3. The third-order valence-electron chi connectivity index (χ3n) is 10.7. The van der Waals surface area contributed by atoms with Gasteiger partial charge in [-0.2, -0.15) is 0 Å². The number of piperidine rings is 2. The number of thiophene rings is 1. The summed E-state index contributed by atoms with van der Waals surface area (Å²) >= 11 is 1.56. The lowest BCUT2D eigenvalue weighted by atomic mass is 9.96. The lowest BCUT2D eigenvalue weighted by molar-refractivity contribution is -0.135. The molecule has 1 aromatic carbocycles. The molecule has 6 rings (SSSR count). The van der Waals surface area contributed by atoms with Gasteiger partial charge in [-0.3, -0.25) is 15.0 Å². The van der Waals surface area contributed by atoms with Crippen LogP contribution in [0, 0.1) is 0 Å². The van der Waals surface area contributed by atoms with E-state index in [1.165, 1.54) is 24.0 Å². The van der Waals surface area contributed by atoms with Crippen LogP contribution >= 0.6 is 11.3 Å². The van der Waals surface area contributed by atoms with Crippen LogP contribution in [0.25, 0.3) is 0 Å². The van der Waals surface area contributed by atoms with Gasteiger partial charge in [0.05, 0.1) is 6.54 Å². The molecule has 0 aliphatic carbocycles. The first-order chi connectivity index (χ1) is 22.3. The lowest BCUT2D eigenvalue weighted by Crippen LogP contribution is -2.59.